The second kappa shape index (κ2) is 8.58. The van der Waals surface area contributed by atoms with Gasteiger partial charge in [0, 0.05) is 24.4 Å². The maximum atomic E-state index is 13.7. The van der Waals surface area contributed by atoms with E-state index in [1.54, 1.807) is 18.2 Å². The number of aromatic nitrogens is 2. The quantitative estimate of drug-likeness (QED) is 0.683. The van der Waals surface area contributed by atoms with E-state index in [2.05, 4.69) is 15.5 Å². The van der Waals surface area contributed by atoms with Crippen molar-refractivity contribution < 1.29 is 13.6 Å². The molecule has 1 N–H and O–H groups in total. The van der Waals surface area contributed by atoms with Crippen molar-refractivity contribution in [2.45, 2.75) is 19.3 Å². The molecular formula is C19H17ClFN3O2. The molecule has 26 heavy (non-hydrogen) atoms. The Morgan fingerprint density at radius 1 is 1.08 bits per heavy atom. The molecule has 1 amide bonds. The zero-order valence-electron chi connectivity index (χ0n) is 13.9. The van der Waals surface area contributed by atoms with Gasteiger partial charge in [0.05, 0.1) is 5.56 Å². The summed E-state index contributed by atoms with van der Waals surface area (Å²) in [7, 11) is 0. The van der Waals surface area contributed by atoms with Crippen LogP contribution in [0.5, 0.6) is 0 Å². The molecule has 3 aromatic rings. The first kappa shape index (κ1) is 18.1. The molecule has 0 spiro atoms. The standard InChI is InChI=1S/C19H17ClFN3O2/c20-14-7-5-13(6-8-14)11-12-22-17(25)9-10-18-23-24-19(26-18)15-3-1-2-4-16(15)21/h1-8H,9-12H2,(H,22,25). The molecule has 3 rings (SSSR count). The maximum Gasteiger partial charge on any atom is 0.250 e. The average molecular weight is 374 g/mol. The molecule has 0 unspecified atom stereocenters. The van der Waals surface area contributed by atoms with Gasteiger partial charge in [0.1, 0.15) is 5.82 Å². The molecule has 0 bridgehead atoms. The number of nitrogens with one attached hydrogen (secondary N) is 1. The Hall–Kier alpha value is -2.73. The van der Waals surface area contributed by atoms with E-state index in [-0.39, 0.29) is 23.8 Å². The van der Waals surface area contributed by atoms with Gasteiger partial charge in [-0.05, 0) is 36.2 Å². The molecule has 0 saturated heterocycles. The lowest BCUT2D eigenvalue weighted by Crippen LogP contribution is -2.25. The van der Waals surface area contributed by atoms with Crippen LogP contribution in [0.3, 0.4) is 0 Å². The zero-order chi connectivity index (χ0) is 18.4. The van der Waals surface area contributed by atoms with Crippen molar-refractivity contribution in [1.29, 1.82) is 0 Å². The SMILES string of the molecule is O=C(CCc1nnc(-c2ccccc2F)o1)NCCc1ccc(Cl)cc1. The summed E-state index contributed by atoms with van der Waals surface area (Å²) in [5, 5.41) is 11.2. The molecule has 1 heterocycles. The van der Waals surface area contributed by atoms with E-state index in [9.17, 15) is 9.18 Å². The second-order valence-electron chi connectivity index (χ2n) is 5.71. The van der Waals surface area contributed by atoms with Crippen LogP contribution in [-0.2, 0) is 17.6 Å². The summed E-state index contributed by atoms with van der Waals surface area (Å²) < 4.78 is 19.1. The summed E-state index contributed by atoms with van der Waals surface area (Å²) >= 11 is 5.83. The van der Waals surface area contributed by atoms with Gasteiger partial charge in [0.25, 0.3) is 5.89 Å². The van der Waals surface area contributed by atoms with Gasteiger partial charge in [-0.15, -0.1) is 10.2 Å². The third kappa shape index (κ3) is 4.89. The van der Waals surface area contributed by atoms with Crippen LogP contribution in [0, 0.1) is 5.82 Å². The largest absolute Gasteiger partial charge is 0.421 e. The minimum atomic E-state index is -0.428. The lowest BCUT2D eigenvalue weighted by molar-refractivity contribution is -0.121. The van der Waals surface area contributed by atoms with E-state index >= 15 is 0 Å². The van der Waals surface area contributed by atoms with Crippen LogP contribution in [0.4, 0.5) is 4.39 Å². The minimum absolute atomic E-state index is 0.107. The summed E-state index contributed by atoms with van der Waals surface area (Å²) in [6.45, 7) is 0.533. The van der Waals surface area contributed by atoms with Crippen LogP contribution < -0.4 is 5.32 Å². The molecular weight excluding hydrogens is 357 g/mol. The molecule has 7 heteroatoms. The van der Waals surface area contributed by atoms with Crippen molar-refractivity contribution in [2.24, 2.45) is 0 Å². The molecule has 0 aliphatic carbocycles. The normalized spacial score (nSPS) is 10.7. The number of rotatable bonds is 7. The highest BCUT2D eigenvalue weighted by molar-refractivity contribution is 6.30. The predicted octanol–water partition coefficient (Wildman–Crippen LogP) is 3.82. The number of amides is 1. The second-order valence-corrected chi connectivity index (χ2v) is 6.14. The summed E-state index contributed by atoms with van der Waals surface area (Å²) in [4.78, 5) is 11.9. The number of hydrogen-bond donors (Lipinski definition) is 1. The van der Waals surface area contributed by atoms with Crippen molar-refractivity contribution in [3.05, 3.63) is 70.8 Å². The van der Waals surface area contributed by atoms with Crippen molar-refractivity contribution >= 4 is 17.5 Å². The number of halogens is 2. The van der Waals surface area contributed by atoms with Gasteiger partial charge >= 0.3 is 0 Å². The molecule has 0 radical (unpaired) electrons. The van der Waals surface area contributed by atoms with Gasteiger partial charge in [-0.1, -0.05) is 35.9 Å². The summed E-state index contributed by atoms with van der Waals surface area (Å²) in [5.41, 5.74) is 1.35. The Balaban J connectivity index is 1.45. The Morgan fingerprint density at radius 3 is 2.62 bits per heavy atom. The Labute approximate surface area is 155 Å². The minimum Gasteiger partial charge on any atom is -0.421 e. The summed E-state index contributed by atoms with van der Waals surface area (Å²) in [6.07, 6.45) is 1.24. The number of carbonyl (C=O) groups is 1. The van der Waals surface area contributed by atoms with Gasteiger partial charge in [-0.3, -0.25) is 4.79 Å². The van der Waals surface area contributed by atoms with E-state index in [0.717, 1.165) is 12.0 Å². The van der Waals surface area contributed by atoms with Crippen LogP contribution in [0.25, 0.3) is 11.5 Å². The first-order valence-electron chi connectivity index (χ1n) is 8.20. The smallest absolute Gasteiger partial charge is 0.250 e. The number of aryl methyl sites for hydroxylation is 1. The van der Waals surface area contributed by atoms with Crippen molar-refractivity contribution in [2.75, 3.05) is 6.54 Å². The maximum absolute atomic E-state index is 13.7. The molecule has 0 saturated carbocycles. The molecule has 0 aliphatic rings. The zero-order valence-corrected chi connectivity index (χ0v) is 14.7. The molecule has 134 valence electrons. The topological polar surface area (TPSA) is 68.0 Å². The van der Waals surface area contributed by atoms with Crippen LogP contribution in [0.1, 0.15) is 17.9 Å². The molecule has 0 aliphatic heterocycles. The van der Waals surface area contributed by atoms with Crippen molar-refractivity contribution in [3.8, 4) is 11.5 Å². The van der Waals surface area contributed by atoms with E-state index in [4.69, 9.17) is 16.0 Å². The molecule has 0 fully saturated rings. The Bertz CT molecular complexity index is 881. The third-order valence-electron chi connectivity index (χ3n) is 3.79. The number of carbonyl (C=O) groups excluding carboxylic acids is 1. The van der Waals surface area contributed by atoms with Crippen LogP contribution in [-0.4, -0.2) is 22.6 Å². The highest BCUT2D eigenvalue weighted by atomic mass is 35.5. The first-order chi connectivity index (χ1) is 12.6. The van der Waals surface area contributed by atoms with Crippen LogP contribution in [0.2, 0.25) is 5.02 Å². The number of nitrogens with zero attached hydrogens (tertiary/aromatic N) is 2. The Kier molecular flexibility index (Phi) is 5.96. The highest BCUT2D eigenvalue weighted by Crippen LogP contribution is 2.21. The molecule has 2 aromatic carbocycles. The van der Waals surface area contributed by atoms with E-state index in [1.165, 1.54) is 6.07 Å². The average Bonchev–Trinajstić information content (AvgIpc) is 3.11. The van der Waals surface area contributed by atoms with E-state index in [1.807, 2.05) is 24.3 Å². The fraction of sp³-hybridized carbons (Fsp3) is 0.211. The van der Waals surface area contributed by atoms with E-state index in [0.29, 0.717) is 23.9 Å². The molecule has 5 nitrogen and oxygen atoms in total. The number of benzene rings is 2. The predicted molar refractivity (Wildman–Crippen MR) is 96.2 cm³/mol. The highest BCUT2D eigenvalue weighted by Gasteiger charge is 2.13. The van der Waals surface area contributed by atoms with Crippen molar-refractivity contribution in [1.82, 2.24) is 15.5 Å². The lowest BCUT2D eigenvalue weighted by atomic mass is 10.1. The monoisotopic (exact) mass is 373 g/mol. The summed E-state index contributed by atoms with van der Waals surface area (Å²) in [6, 6.07) is 13.7. The fourth-order valence-corrected chi connectivity index (χ4v) is 2.53. The van der Waals surface area contributed by atoms with Crippen LogP contribution in [0.15, 0.2) is 52.9 Å². The fourth-order valence-electron chi connectivity index (χ4n) is 2.40. The Morgan fingerprint density at radius 2 is 1.85 bits per heavy atom. The molecule has 1 aromatic heterocycles. The third-order valence-corrected chi connectivity index (χ3v) is 4.04. The first-order valence-corrected chi connectivity index (χ1v) is 8.58. The van der Waals surface area contributed by atoms with Gasteiger partial charge in [-0.2, -0.15) is 0 Å². The van der Waals surface area contributed by atoms with Gasteiger partial charge in [0.2, 0.25) is 11.8 Å². The number of hydrogen-bond acceptors (Lipinski definition) is 4. The van der Waals surface area contributed by atoms with E-state index < -0.39 is 5.82 Å². The molecule has 0 atom stereocenters. The lowest BCUT2D eigenvalue weighted by Gasteiger charge is -2.04. The van der Waals surface area contributed by atoms with Gasteiger partial charge in [-0.25, -0.2) is 4.39 Å². The van der Waals surface area contributed by atoms with Crippen molar-refractivity contribution in [3.63, 3.8) is 0 Å². The van der Waals surface area contributed by atoms with Gasteiger partial charge < -0.3 is 9.73 Å². The summed E-state index contributed by atoms with van der Waals surface area (Å²) in [5.74, 6) is -0.121. The van der Waals surface area contributed by atoms with Crippen LogP contribution >= 0.6 is 11.6 Å². The van der Waals surface area contributed by atoms with Gasteiger partial charge in [0.15, 0.2) is 0 Å².